The minimum atomic E-state index is -4.05. The maximum atomic E-state index is 14.2. The minimum absolute atomic E-state index is 0.147. The van der Waals surface area contributed by atoms with Crippen molar-refractivity contribution < 1.29 is 17.9 Å². The van der Waals surface area contributed by atoms with E-state index in [0.717, 1.165) is 5.56 Å². The summed E-state index contributed by atoms with van der Waals surface area (Å²) in [6, 6.07) is 17.1. The first kappa shape index (κ1) is 30.9. The maximum Gasteiger partial charge on any atom is 0.407 e. The number of benzene rings is 3. The van der Waals surface area contributed by atoms with Crippen LogP contribution in [0.25, 0.3) is 21.8 Å². The quantitative estimate of drug-likeness (QED) is 0.170. The molecule has 12 heteroatoms. The first-order valence-electron chi connectivity index (χ1n) is 13.4. The number of ether oxygens (including phenoxy) is 1. The number of nitrogens with one attached hydrogen (secondary N) is 2. The summed E-state index contributed by atoms with van der Waals surface area (Å²) in [5.41, 5.74) is 3.10. The van der Waals surface area contributed by atoms with Crippen LogP contribution in [0.2, 0.25) is 15.2 Å². The van der Waals surface area contributed by atoms with Crippen LogP contribution in [0.3, 0.4) is 0 Å². The van der Waals surface area contributed by atoms with Gasteiger partial charge in [-0.2, -0.15) is 0 Å². The van der Waals surface area contributed by atoms with Crippen molar-refractivity contribution in [2.75, 3.05) is 11.9 Å². The molecule has 5 aromatic rings. The lowest BCUT2D eigenvalue weighted by Gasteiger charge is -2.20. The van der Waals surface area contributed by atoms with Crippen LogP contribution < -0.4 is 10.6 Å². The summed E-state index contributed by atoms with van der Waals surface area (Å²) in [5.74, 6) is 0. The lowest BCUT2D eigenvalue weighted by atomic mass is 10.0. The average Bonchev–Trinajstić information content (AvgIpc) is 3.24. The average molecular weight is 660 g/mol. The van der Waals surface area contributed by atoms with Crippen LogP contribution in [-0.2, 0) is 21.2 Å². The van der Waals surface area contributed by atoms with Gasteiger partial charge in [0.2, 0.25) is 0 Å². The Kier molecular flexibility index (Phi) is 8.55. The molecule has 8 nitrogen and oxygen atoms in total. The lowest BCUT2D eigenvalue weighted by molar-refractivity contribution is 0.0528. The molecule has 2 heterocycles. The molecule has 0 aliphatic heterocycles. The van der Waals surface area contributed by atoms with E-state index >= 15 is 0 Å². The Morgan fingerprint density at radius 1 is 0.953 bits per heavy atom. The predicted octanol–water partition coefficient (Wildman–Crippen LogP) is 8.51. The summed E-state index contributed by atoms with van der Waals surface area (Å²) in [5, 5.41) is 8.28. The van der Waals surface area contributed by atoms with Gasteiger partial charge in [-0.1, -0.05) is 52.5 Å². The van der Waals surface area contributed by atoms with Gasteiger partial charge in [-0.25, -0.2) is 22.2 Å². The zero-order chi connectivity index (χ0) is 31.1. The molecule has 5 rings (SSSR count). The van der Waals surface area contributed by atoms with E-state index in [9.17, 15) is 13.2 Å². The Balaban J connectivity index is 1.70. The number of fused-ring (bicyclic) bond motifs is 3. The van der Waals surface area contributed by atoms with Crippen molar-refractivity contribution in [1.29, 1.82) is 0 Å². The molecule has 0 saturated carbocycles. The van der Waals surface area contributed by atoms with Gasteiger partial charge in [0.05, 0.1) is 32.8 Å². The summed E-state index contributed by atoms with van der Waals surface area (Å²) in [7, 11) is -4.05. The number of alkyl carbamates (subject to hydrolysis) is 1. The third kappa shape index (κ3) is 6.70. The van der Waals surface area contributed by atoms with Crippen molar-refractivity contribution >= 4 is 84.1 Å². The molecule has 0 atom stereocenters. The second kappa shape index (κ2) is 11.9. The standard InChI is InChI=1S/C31H29Cl3N4O4S/c1-18-5-8-23(9-6-18)43(40,41)38-27-10-7-20(32)14-24(27)25-15-21(37-22-16-26(33)29(34)36-17-22)13-19(28(25)38)11-12-35-30(39)42-31(2,3)4/h5-10,13-17,37H,11-12H2,1-4H3,(H,35,39). The number of pyridine rings is 1. The summed E-state index contributed by atoms with van der Waals surface area (Å²) >= 11 is 18.6. The van der Waals surface area contributed by atoms with Crippen LogP contribution in [0, 0.1) is 6.92 Å². The zero-order valence-corrected chi connectivity index (χ0v) is 26.9. The number of hydrogen-bond donors (Lipinski definition) is 2. The third-order valence-corrected chi connectivity index (χ3v) is 9.22. The van der Waals surface area contributed by atoms with E-state index in [1.165, 1.54) is 3.97 Å². The number of carbonyl (C=O) groups excluding carboxylic acids is 1. The highest BCUT2D eigenvalue weighted by Gasteiger charge is 2.26. The first-order valence-corrected chi connectivity index (χ1v) is 15.9. The van der Waals surface area contributed by atoms with E-state index in [1.807, 2.05) is 19.1 Å². The highest BCUT2D eigenvalue weighted by atomic mass is 35.5. The van der Waals surface area contributed by atoms with Gasteiger partial charge in [-0.3, -0.25) is 0 Å². The zero-order valence-electron chi connectivity index (χ0n) is 23.8. The fraction of sp³-hybridized carbons (Fsp3) is 0.226. The monoisotopic (exact) mass is 658 g/mol. The molecule has 0 bridgehead atoms. The largest absolute Gasteiger partial charge is 0.444 e. The molecule has 0 unspecified atom stereocenters. The number of amides is 1. The fourth-order valence-electron chi connectivity index (χ4n) is 4.76. The van der Waals surface area contributed by atoms with Gasteiger partial charge in [0.25, 0.3) is 10.0 Å². The van der Waals surface area contributed by atoms with Gasteiger partial charge in [0, 0.05) is 28.0 Å². The highest BCUT2D eigenvalue weighted by molar-refractivity contribution is 7.90. The van der Waals surface area contributed by atoms with Crippen molar-refractivity contribution in [3.63, 3.8) is 0 Å². The van der Waals surface area contributed by atoms with E-state index in [-0.39, 0.29) is 21.6 Å². The molecule has 3 aromatic carbocycles. The number of anilines is 2. The van der Waals surface area contributed by atoms with Crippen LogP contribution in [0.1, 0.15) is 31.9 Å². The smallest absolute Gasteiger partial charge is 0.407 e. The number of carbonyl (C=O) groups is 1. The predicted molar refractivity (Wildman–Crippen MR) is 174 cm³/mol. The molecule has 0 saturated heterocycles. The van der Waals surface area contributed by atoms with Crippen LogP contribution in [0.4, 0.5) is 16.2 Å². The van der Waals surface area contributed by atoms with Crippen LogP contribution in [-0.4, -0.2) is 35.6 Å². The fourth-order valence-corrected chi connectivity index (χ4v) is 6.77. The second-order valence-corrected chi connectivity index (χ2v) is 14.1. The number of rotatable bonds is 7. The molecular formula is C31H29Cl3N4O4S. The van der Waals surface area contributed by atoms with E-state index in [0.29, 0.717) is 50.2 Å². The molecule has 2 N–H and O–H groups in total. The van der Waals surface area contributed by atoms with Gasteiger partial charge >= 0.3 is 6.09 Å². The number of halogens is 3. The van der Waals surface area contributed by atoms with E-state index in [1.54, 1.807) is 75.5 Å². The number of hydrogen-bond acceptors (Lipinski definition) is 6. The van der Waals surface area contributed by atoms with Gasteiger partial charge < -0.3 is 15.4 Å². The van der Waals surface area contributed by atoms with Gasteiger partial charge in [0.15, 0.2) is 0 Å². The van der Waals surface area contributed by atoms with Gasteiger partial charge in [0.1, 0.15) is 10.8 Å². The maximum absolute atomic E-state index is 14.2. The molecule has 0 fully saturated rings. The van der Waals surface area contributed by atoms with Crippen molar-refractivity contribution in [3.8, 4) is 0 Å². The Bertz CT molecular complexity index is 1970. The number of aromatic nitrogens is 2. The Morgan fingerprint density at radius 3 is 2.35 bits per heavy atom. The van der Waals surface area contributed by atoms with Crippen LogP contribution in [0.5, 0.6) is 0 Å². The van der Waals surface area contributed by atoms with E-state index in [2.05, 4.69) is 15.6 Å². The molecule has 224 valence electrons. The molecule has 43 heavy (non-hydrogen) atoms. The van der Waals surface area contributed by atoms with Crippen molar-refractivity contribution in [1.82, 2.24) is 14.3 Å². The highest BCUT2D eigenvalue weighted by Crippen LogP contribution is 2.38. The summed E-state index contributed by atoms with van der Waals surface area (Å²) < 4.78 is 35.2. The first-order chi connectivity index (χ1) is 20.2. The summed E-state index contributed by atoms with van der Waals surface area (Å²) in [4.78, 5) is 16.7. The molecular weight excluding hydrogens is 631 g/mol. The van der Waals surface area contributed by atoms with E-state index in [4.69, 9.17) is 39.5 Å². The number of nitrogens with zero attached hydrogens (tertiary/aromatic N) is 2. The number of aryl methyl sites for hydroxylation is 1. The second-order valence-electron chi connectivity index (χ2n) is 11.1. The Hall–Kier alpha value is -3.50. The topological polar surface area (TPSA) is 102 Å². The molecule has 1 amide bonds. The van der Waals surface area contributed by atoms with Crippen LogP contribution >= 0.6 is 34.8 Å². The van der Waals surface area contributed by atoms with Crippen molar-refractivity contribution in [2.24, 2.45) is 0 Å². The Morgan fingerprint density at radius 2 is 1.67 bits per heavy atom. The van der Waals surface area contributed by atoms with E-state index < -0.39 is 21.7 Å². The Labute approximate surface area is 265 Å². The van der Waals surface area contributed by atoms with Crippen molar-refractivity contribution in [2.45, 2.75) is 44.6 Å². The lowest BCUT2D eigenvalue weighted by Crippen LogP contribution is -2.33. The summed E-state index contributed by atoms with van der Waals surface area (Å²) in [6.07, 6.45) is 1.27. The van der Waals surface area contributed by atoms with Crippen molar-refractivity contribution in [3.05, 3.63) is 93.2 Å². The normalized spacial score (nSPS) is 12.1. The summed E-state index contributed by atoms with van der Waals surface area (Å²) in [6.45, 7) is 7.43. The molecule has 0 aliphatic rings. The minimum Gasteiger partial charge on any atom is -0.444 e. The SMILES string of the molecule is Cc1ccc(S(=O)(=O)n2c3ccc(Cl)cc3c3cc(Nc4cnc(Cl)c(Cl)c4)cc(CCNC(=O)OC(C)(C)C)c32)cc1. The third-order valence-electron chi connectivity index (χ3n) is 6.57. The molecule has 0 radical (unpaired) electrons. The van der Waals surface area contributed by atoms with Crippen LogP contribution in [0.15, 0.2) is 71.8 Å². The molecule has 0 aliphatic carbocycles. The van der Waals surface area contributed by atoms with Gasteiger partial charge in [-0.15, -0.1) is 0 Å². The van der Waals surface area contributed by atoms with Gasteiger partial charge in [-0.05, 0) is 88.2 Å². The molecule has 0 spiro atoms. The molecule has 2 aromatic heterocycles.